The van der Waals surface area contributed by atoms with Gasteiger partial charge in [-0.3, -0.25) is 4.79 Å². The lowest BCUT2D eigenvalue weighted by Gasteiger charge is -2.24. The number of hydrogen-bond acceptors (Lipinski definition) is 3. The molecule has 0 aliphatic carbocycles. The van der Waals surface area contributed by atoms with Crippen LogP contribution in [0.5, 0.6) is 11.5 Å². The molecule has 0 saturated carbocycles. The quantitative estimate of drug-likeness (QED) is 0.829. The second-order valence-electron chi connectivity index (χ2n) is 4.12. The molecule has 0 atom stereocenters. The van der Waals surface area contributed by atoms with Crippen LogP contribution in [0.25, 0.3) is 0 Å². The third-order valence-corrected chi connectivity index (χ3v) is 2.37. The van der Waals surface area contributed by atoms with Gasteiger partial charge in [0.15, 0.2) is 11.4 Å². The highest BCUT2D eigenvalue weighted by Crippen LogP contribution is 2.26. The topological polar surface area (TPSA) is 46.5 Å². The van der Waals surface area contributed by atoms with E-state index in [0.717, 1.165) is 5.56 Å². The number of aryl methyl sites for hydroxylation is 1. The Balaban J connectivity index is 2.95. The maximum atomic E-state index is 11.3. The van der Waals surface area contributed by atoms with Crippen LogP contribution in [0.4, 0.5) is 0 Å². The molecule has 1 aromatic carbocycles. The van der Waals surface area contributed by atoms with E-state index in [9.17, 15) is 9.90 Å². The number of rotatable bonds is 3. The van der Waals surface area contributed by atoms with Crippen LogP contribution in [-0.2, 0) is 4.79 Å². The molecule has 0 saturated heterocycles. The number of ether oxygens (including phenoxy) is 1. The molecule has 0 fully saturated rings. The third-order valence-electron chi connectivity index (χ3n) is 2.37. The second kappa shape index (κ2) is 3.93. The van der Waals surface area contributed by atoms with Crippen molar-refractivity contribution < 1.29 is 14.6 Å². The average molecular weight is 208 g/mol. The van der Waals surface area contributed by atoms with Crippen LogP contribution in [0.2, 0.25) is 0 Å². The summed E-state index contributed by atoms with van der Waals surface area (Å²) < 4.78 is 5.59. The fourth-order valence-corrected chi connectivity index (χ4v) is 1.09. The first-order valence-electron chi connectivity index (χ1n) is 4.82. The Kier molecular flexibility index (Phi) is 3.03. The predicted molar refractivity (Wildman–Crippen MR) is 58.2 cm³/mol. The maximum Gasteiger partial charge on any atom is 0.172 e. The molecular formula is C12H16O3. The van der Waals surface area contributed by atoms with Crippen LogP contribution >= 0.6 is 0 Å². The standard InChI is InChI=1S/C12H16O3/c1-8-7-10(14)5-6-11(8)15-12(3,4)9(2)13/h5-7,14H,1-4H3. The van der Waals surface area contributed by atoms with E-state index >= 15 is 0 Å². The zero-order valence-electron chi connectivity index (χ0n) is 9.50. The molecule has 0 aliphatic rings. The summed E-state index contributed by atoms with van der Waals surface area (Å²) >= 11 is 0. The molecule has 15 heavy (non-hydrogen) atoms. The summed E-state index contributed by atoms with van der Waals surface area (Å²) in [6.45, 7) is 6.77. The number of phenolic OH excluding ortho intramolecular Hbond substituents is 1. The van der Waals surface area contributed by atoms with Crippen molar-refractivity contribution in [3.63, 3.8) is 0 Å². The second-order valence-corrected chi connectivity index (χ2v) is 4.12. The molecule has 1 N–H and O–H groups in total. The minimum atomic E-state index is -0.832. The van der Waals surface area contributed by atoms with E-state index in [1.807, 2.05) is 6.92 Å². The Hall–Kier alpha value is -1.51. The van der Waals surface area contributed by atoms with Gasteiger partial charge >= 0.3 is 0 Å². The molecule has 0 aromatic heterocycles. The molecule has 1 rings (SSSR count). The lowest BCUT2D eigenvalue weighted by molar-refractivity contribution is -0.129. The van der Waals surface area contributed by atoms with Crippen molar-refractivity contribution in [1.82, 2.24) is 0 Å². The van der Waals surface area contributed by atoms with Crippen LogP contribution in [0.15, 0.2) is 18.2 Å². The number of carbonyl (C=O) groups excluding carboxylic acids is 1. The maximum absolute atomic E-state index is 11.3. The number of phenols is 1. The summed E-state index contributed by atoms with van der Waals surface area (Å²) in [5.41, 5.74) is -0.0221. The number of ketones is 1. The summed E-state index contributed by atoms with van der Waals surface area (Å²) in [5, 5.41) is 9.22. The van der Waals surface area contributed by atoms with Gasteiger partial charge in [-0.2, -0.15) is 0 Å². The van der Waals surface area contributed by atoms with Crippen LogP contribution in [0.1, 0.15) is 26.3 Å². The Morgan fingerprint density at radius 2 is 2.00 bits per heavy atom. The fraction of sp³-hybridized carbons (Fsp3) is 0.417. The third kappa shape index (κ3) is 2.72. The van der Waals surface area contributed by atoms with E-state index in [2.05, 4.69) is 0 Å². The summed E-state index contributed by atoms with van der Waals surface area (Å²) in [6, 6.07) is 4.81. The van der Waals surface area contributed by atoms with Crippen LogP contribution in [0.3, 0.4) is 0 Å². The summed E-state index contributed by atoms with van der Waals surface area (Å²) in [5.74, 6) is 0.781. The zero-order chi connectivity index (χ0) is 11.6. The predicted octanol–water partition coefficient (Wildman–Crippen LogP) is 2.45. The van der Waals surface area contributed by atoms with E-state index in [0.29, 0.717) is 5.75 Å². The largest absolute Gasteiger partial charge is 0.508 e. The Morgan fingerprint density at radius 3 is 2.47 bits per heavy atom. The van der Waals surface area contributed by atoms with Crippen molar-refractivity contribution in [2.75, 3.05) is 0 Å². The lowest BCUT2D eigenvalue weighted by Crippen LogP contribution is -2.36. The highest BCUT2D eigenvalue weighted by atomic mass is 16.5. The molecule has 0 amide bonds. The first-order valence-corrected chi connectivity index (χ1v) is 4.82. The molecule has 0 radical (unpaired) electrons. The van der Waals surface area contributed by atoms with Gasteiger partial charge in [0.2, 0.25) is 0 Å². The van der Waals surface area contributed by atoms with Gasteiger partial charge in [-0.15, -0.1) is 0 Å². The van der Waals surface area contributed by atoms with Gasteiger partial charge in [0.05, 0.1) is 0 Å². The smallest absolute Gasteiger partial charge is 0.172 e. The Labute approximate surface area is 89.7 Å². The monoisotopic (exact) mass is 208 g/mol. The van der Waals surface area contributed by atoms with Gasteiger partial charge in [-0.1, -0.05) is 0 Å². The zero-order valence-corrected chi connectivity index (χ0v) is 9.50. The molecule has 0 aliphatic heterocycles. The molecule has 0 bridgehead atoms. The number of benzene rings is 1. The summed E-state index contributed by atoms with van der Waals surface area (Å²) in [6.07, 6.45) is 0. The van der Waals surface area contributed by atoms with E-state index in [1.165, 1.54) is 6.92 Å². The van der Waals surface area contributed by atoms with Gasteiger partial charge in [-0.25, -0.2) is 0 Å². The first kappa shape index (κ1) is 11.6. The summed E-state index contributed by atoms with van der Waals surface area (Å²) in [4.78, 5) is 11.3. The minimum absolute atomic E-state index is 0.0324. The van der Waals surface area contributed by atoms with Gasteiger partial charge in [-0.05, 0) is 51.5 Å². The normalized spacial score (nSPS) is 11.2. The van der Waals surface area contributed by atoms with Crippen LogP contribution in [0, 0.1) is 6.92 Å². The van der Waals surface area contributed by atoms with E-state index < -0.39 is 5.60 Å². The van der Waals surface area contributed by atoms with Gasteiger partial charge in [0, 0.05) is 0 Å². The minimum Gasteiger partial charge on any atom is -0.508 e. The van der Waals surface area contributed by atoms with Crippen molar-refractivity contribution in [1.29, 1.82) is 0 Å². The SMILES string of the molecule is CC(=O)C(C)(C)Oc1ccc(O)cc1C. The number of Topliss-reactive ketones (excluding diaryl/α,β-unsaturated/α-hetero) is 1. The molecular weight excluding hydrogens is 192 g/mol. The van der Waals surface area contributed by atoms with Gasteiger partial charge < -0.3 is 9.84 Å². The number of aromatic hydroxyl groups is 1. The van der Waals surface area contributed by atoms with Crippen molar-refractivity contribution in [2.24, 2.45) is 0 Å². The highest BCUT2D eigenvalue weighted by molar-refractivity contribution is 5.84. The Bertz CT molecular complexity index is 380. The van der Waals surface area contributed by atoms with E-state index in [-0.39, 0.29) is 11.5 Å². The fourth-order valence-electron chi connectivity index (χ4n) is 1.09. The van der Waals surface area contributed by atoms with Crippen molar-refractivity contribution in [2.45, 2.75) is 33.3 Å². The molecule has 0 heterocycles. The molecule has 0 spiro atoms. The molecule has 3 heteroatoms. The molecule has 0 unspecified atom stereocenters. The number of carbonyl (C=O) groups is 1. The lowest BCUT2D eigenvalue weighted by atomic mass is 10.0. The highest BCUT2D eigenvalue weighted by Gasteiger charge is 2.26. The molecule has 3 nitrogen and oxygen atoms in total. The van der Waals surface area contributed by atoms with Crippen molar-refractivity contribution in [3.05, 3.63) is 23.8 Å². The van der Waals surface area contributed by atoms with E-state index in [4.69, 9.17) is 4.74 Å². The van der Waals surface area contributed by atoms with Crippen LogP contribution < -0.4 is 4.74 Å². The molecule has 1 aromatic rings. The Morgan fingerprint density at radius 1 is 1.40 bits per heavy atom. The van der Waals surface area contributed by atoms with Crippen LogP contribution in [-0.4, -0.2) is 16.5 Å². The number of hydrogen-bond donors (Lipinski definition) is 1. The van der Waals surface area contributed by atoms with Crippen molar-refractivity contribution in [3.8, 4) is 11.5 Å². The van der Waals surface area contributed by atoms with E-state index in [1.54, 1.807) is 32.0 Å². The summed E-state index contributed by atoms with van der Waals surface area (Å²) in [7, 11) is 0. The average Bonchev–Trinajstić information content (AvgIpc) is 2.09. The first-order chi connectivity index (χ1) is 6.83. The van der Waals surface area contributed by atoms with Gasteiger partial charge in [0.1, 0.15) is 11.5 Å². The van der Waals surface area contributed by atoms with Gasteiger partial charge in [0.25, 0.3) is 0 Å². The molecule has 82 valence electrons. The van der Waals surface area contributed by atoms with Crippen molar-refractivity contribution >= 4 is 5.78 Å².